The van der Waals surface area contributed by atoms with Crippen LogP contribution in [0.5, 0.6) is 0 Å². The summed E-state index contributed by atoms with van der Waals surface area (Å²) in [6.07, 6.45) is 1.04. The van der Waals surface area contributed by atoms with Crippen LogP contribution in [0, 0.1) is 5.82 Å². The number of carbonyl (C=O) groups is 2. The quantitative estimate of drug-likeness (QED) is 0.281. The lowest BCUT2D eigenvalue weighted by Gasteiger charge is -2.13. The molecule has 0 fully saturated rings. The molecule has 0 aliphatic rings. The molecule has 3 N–H and O–H groups in total. The predicted octanol–water partition coefficient (Wildman–Crippen LogP) is 4.37. The van der Waals surface area contributed by atoms with E-state index in [4.69, 9.17) is 27.9 Å². The van der Waals surface area contributed by atoms with E-state index in [9.17, 15) is 19.1 Å². The Balaban J connectivity index is 1.68. The topological polar surface area (TPSA) is 118 Å². The van der Waals surface area contributed by atoms with E-state index in [2.05, 4.69) is 20.7 Å². The van der Waals surface area contributed by atoms with Gasteiger partial charge >= 0.3 is 0 Å². The molecule has 38 heavy (non-hydrogen) atoms. The fourth-order valence-electron chi connectivity index (χ4n) is 3.59. The number of para-hydroxylation sites is 1. The van der Waals surface area contributed by atoms with Crippen molar-refractivity contribution in [2.24, 2.45) is 0 Å². The average molecular weight is 558 g/mol. The van der Waals surface area contributed by atoms with Gasteiger partial charge < -0.3 is 20.5 Å². The van der Waals surface area contributed by atoms with Crippen molar-refractivity contribution in [2.45, 2.75) is 6.04 Å². The third-order valence-electron chi connectivity index (χ3n) is 5.41. The van der Waals surface area contributed by atoms with Crippen LogP contribution < -0.4 is 10.6 Å². The highest BCUT2D eigenvalue weighted by atomic mass is 35.5. The van der Waals surface area contributed by atoms with Gasteiger partial charge in [-0.2, -0.15) is 5.10 Å². The van der Waals surface area contributed by atoms with Gasteiger partial charge in [-0.05, 0) is 36.4 Å². The maximum Gasteiger partial charge on any atom is 0.272 e. The van der Waals surface area contributed by atoms with Gasteiger partial charge in [0.2, 0.25) is 0 Å². The molecule has 0 aliphatic carbocycles. The number of aliphatic hydroxyl groups is 1. The number of halogens is 3. The number of aromatic nitrogens is 3. The van der Waals surface area contributed by atoms with E-state index in [-0.39, 0.29) is 40.3 Å². The minimum absolute atomic E-state index is 0.00268. The lowest BCUT2D eigenvalue weighted by molar-refractivity contribution is 0.0834. The second-order valence-corrected chi connectivity index (χ2v) is 8.91. The van der Waals surface area contributed by atoms with Crippen molar-refractivity contribution in [3.8, 4) is 16.9 Å². The number of anilines is 1. The summed E-state index contributed by atoms with van der Waals surface area (Å²) in [5.74, 6) is -1.50. The number of benzene rings is 2. The van der Waals surface area contributed by atoms with Gasteiger partial charge in [0.1, 0.15) is 11.6 Å². The monoisotopic (exact) mass is 557 g/mol. The predicted molar refractivity (Wildman–Crippen MR) is 141 cm³/mol. The fraction of sp³-hybridized carbons (Fsp3) is 0.154. The van der Waals surface area contributed by atoms with Gasteiger partial charge in [0.25, 0.3) is 11.8 Å². The molecule has 0 saturated carbocycles. The Morgan fingerprint density at radius 1 is 1.08 bits per heavy atom. The number of methoxy groups -OCH3 is 1. The summed E-state index contributed by atoms with van der Waals surface area (Å²) in [4.78, 5) is 30.2. The molecule has 12 heteroatoms. The van der Waals surface area contributed by atoms with E-state index in [0.717, 1.165) is 6.20 Å². The van der Waals surface area contributed by atoms with Crippen LogP contribution in [0.25, 0.3) is 16.9 Å². The number of rotatable bonds is 9. The molecule has 4 rings (SSSR count). The Labute approximate surface area is 227 Å². The highest BCUT2D eigenvalue weighted by Crippen LogP contribution is 2.32. The smallest absolute Gasteiger partial charge is 0.272 e. The standard InChI is InChI=1S/C26H22Cl2FN5O4/c1-38-14-16(13-35)31-26(37)23-11-24(34(33-23)17-5-3-2-4-6-17)32-25(36)19-9-18(20(27)10-21(19)28)22-8-7-15(29)12-30-22/h2-12,16,35H,13-14H2,1H3,(H,31,37)(H,32,36)/t16-/m1/s1. The Kier molecular flexibility index (Phi) is 8.70. The number of ether oxygens (including phenoxy) is 1. The first-order chi connectivity index (χ1) is 18.3. The SMILES string of the molecule is COC[C@@H](CO)NC(=O)c1cc(NC(=O)c2cc(-c3ccc(F)cn3)c(Cl)cc2Cl)n(-c2ccccc2)n1. The minimum atomic E-state index is -0.640. The lowest BCUT2D eigenvalue weighted by Crippen LogP contribution is -2.40. The van der Waals surface area contributed by atoms with E-state index in [1.54, 1.807) is 24.3 Å². The fourth-order valence-corrected chi connectivity index (χ4v) is 4.15. The number of pyridine rings is 1. The number of aliphatic hydroxyl groups excluding tert-OH is 1. The largest absolute Gasteiger partial charge is 0.394 e. The molecule has 9 nitrogen and oxygen atoms in total. The maximum absolute atomic E-state index is 13.3. The van der Waals surface area contributed by atoms with E-state index >= 15 is 0 Å². The first kappa shape index (κ1) is 27.2. The lowest BCUT2D eigenvalue weighted by atomic mass is 10.1. The molecular formula is C26H22Cl2FN5O4. The highest BCUT2D eigenvalue weighted by Gasteiger charge is 2.22. The number of amides is 2. The zero-order valence-electron chi connectivity index (χ0n) is 20.0. The van der Waals surface area contributed by atoms with Crippen molar-refractivity contribution in [3.63, 3.8) is 0 Å². The molecule has 2 heterocycles. The van der Waals surface area contributed by atoms with Crippen LogP contribution in [-0.4, -0.2) is 58.1 Å². The molecule has 196 valence electrons. The van der Waals surface area contributed by atoms with Crippen LogP contribution >= 0.6 is 23.2 Å². The maximum atomic E-state index is 13.3. The molecule has 2 aromatic carbocycles. The molecule has 0 radical (unpaired) electrons. The van der Waals surface area contributed by atoms with Crippen LogP contribution in [0.2, 0.25) is 10.0 Å². The number of hydrogen-bond donors (Lipinski definition) is 3. The summed E-state index contributed by atoms with van der Waals surface area (Å²) in [7, 11) is 1.45. The molecule has 0 aliphatic heterocycles. The van der Waals surface area contributed by atoms with E-state index in [0.29, 0.717) is 16.9 Å². The third kappa shape index (κ3) is 6.17. The van der Waals surface area contributed by atoms with Crippen molar-refractivity contribution in [3.05, 3.63) is 94.0 Å². The third-order valence-corrected chi connectivity index (χ3v) is 6.04. The van der Waals surface area contributed by atoms with E-state index < -0.39 is 23.7 Å². The van der Waals surface area contributed by atoms with Gasteiger partial charge in [0.05, 0.1) is 52.4 Å². The number of hydrogen-bond acceptors (Lipinski definition) is 6. The first-order valence-electron chi connectivity index (χ1n) is 11.3. The summed E-state index contributed by atoms with van der Waals surface area (Å²) >= 11 is 12.7. The van der Waals surface area contributed by atoms with Crippen LogP contribution in [0.1, 0.15) is 20.8 Å². The van der Waals surface area contributed by atoms with Crippen LogP contribution in [0.4, 0.5) is 10.2 Å². The molecule has 0 saturated heterocycles. The molecular weight excluding hydrogens is 536 g/mol. The summed E-state index contributed by atoms with van der Waals surface area (Å²) < 4.78 is 19.7. The van der Waals surface area contributed by atoms with Gasteiger partial charge in [-0.15, -0.1) is 0 Å². The van der Waals surface area contributed by atoms with Gasteiger partial charge in [0.15, 0.2) is 5.69 Å². The normalized spacial score (nSPS) is 11.7. The summed E-state index contributed by atoms with van der Waals surface area (Å²) in [5, 5.41) is 19.5. The van der Waals surface area contributed by atoms with Gasteiger partial charge in [-0.3, -0.25) is 14.6 Å². The number of nitrogens with one attached hydrogen (secondary N) is 2. The molecule has 2 amide bonds. The van der Waals surface area contributed by atoms with Crippen molar-refractivity contribution in [1.29, 1.82) is 0 Å². The van der Waals surface area contributed by atoms with Crippen molar-refractivity contribution in [2.75, 3.05) is 25.6 Å². The molecule has 0 bridgehead atoms. The zero-order chi connectivity index (χ0) is 27.2. The number of nitrogens with zero attached hydrogens (tertiary/aromatic N) is 3. The Hall–Kier alpha value is -3.83. The average Bonchev–Trinajstić information content (AvgIpc) is 3.33. The van der Waals surface area contributed by atoms with E-state index in [1.807, 2.05) is 6.07 Å². The van der Waals surface area contributed by atoms with Gasteiger partial charge in [-0.25, -0.2) is 9.07 Å². The zero-order valence-corrected chi connectivity index (χ0v) is 21.5. The second kappa shape index (κ2) is 12.1. The Morgan fingerprint density at radius 3 is 2.50 bits per heavy atom. The molecule has 2 aromatic heterocycles. The van der Waals surface area contributed by atoms with Crippen molar-refractivity contribution >= 4 is 40.8 Å². The van der Waals surface area contributed by atoms with E-state index in [1.165, 1.54) is 42.1 Å². The Bertz CT molecular complexity index is 1450. The van der Waals surface area contributed by atoms with Gasteiger partial charge in [0, 0.05) is 18.7 Å². The molecule has 4 aromatic rings. The van der Waals surface area contributed by atoms with Crippen LogP contribution in [-0.2, 0) is 4.74 Å². The number of carbonyl (C=O) groups excluding carboxylic acids is 2. The van der Waals surface area contributed by atoms with Crippen molar-refractivity contribution in [1.82, 2.24) is 20.1 Å². The van der Waals surface area contributed by atoms with Crippen LogP contribution in [0.3, 0.4) is 0 Å². The second-order valence-electron chi connectivity index (χ2n) is 8.10. The van der Waals surface area contributed by atoms with Crippen molar-refractivity contribution < 1.29 is 23.8 Å². The van der Waals surface area contributed by atoms with Crippen LogP contribution in [0.15, 0.2) is 66.9 Å². The molecule has 0 unspecified atom stereocenters. The Morgan fingerprint density at radius 2 is 1.84 bits per heavy atom. The van der Waals surface area contributed by atoms with Gasteiger partial charge in [-0.1, -0.05) is 41.4 Å². The first-order valence-corrected chi connectivity index (χ1v) is 12.0. The summed E-state index contributed by atoms with van der Waals surface area (Å²) in [6, 6.07) is 15.1. The highest BCUT2D eigenvalue weighted by molar-refractivity contribution is 6.38. The molecule has 1 atom stereocenters. The summed E-state index contributed by atoms with van der Waals surface area (Å²) in [6.45, 7) is -0.228. The molecule has 0 spiro atoms. The summed E-state index contributed by atoms with van der Waals surface area (Å²) in [5.41, 5.74) is 1.38. The minimum Gasteiger partial charge on any atom is -0.394 e.